The number of fused-ring (bicyclic) bond motifs is 3. The lowest BCUT2D eigenvalue weighted by atomic mass is 9.54. The molecule has 0 aromatic heterocycles. The van der Waals surface area contributed by atoms with Crippen LogP contribution >= 0.6 is 0 Å². The Bertz CT molecular complexity index is 481. The second-order valence-corrected chi connectivity index (χ2v) is 6.30. The summed E-state index contributed by atoms with van der Waals surface area (Å²) in [5, 5.41) is 20.8. The number of ether oxygens (including phenoxy) is 1. The van der Waals surface area contributed by atoms with Gasteiger partial charge in [0.2, 0.25) is 0 Å². The zero-order valence-electron chi connectivity index (χ0n) is 11.3. The summed E-state index contributed by atoms with van der Waals surface area (Å²) in [4.78, 5) is 11.7. The number of rotatable bonds is 0. The van der Waals surface area contributed by atoms with E-state index >= 15 is 0 Å². The Kier molecular flexibility index (Phi) is 2.67. The van der Waals surface area contributed by atoms with Crippen LogP contribution in [0.3, 0.4) is 0 Å². The number of carbonyl (C=O) groups is 1. The number of carbonyl (C=O) groups excluding carboxylic acids is 1. The molecule has 3 aliphatic rings. The minimum atomic E-state index is -0.649. The second-order valence-electron chi connectivity index (χ2n) is 6.30. The number of hydrogen-bond donors (Lipinski definition) is 2. The van der Waals surface area contributed by atoms with Crippen molar-refractivity contribution in [3.63, 3.8) is 0 Å². The average Bonchev–Trinajstić information content (AvgIpc) is 2.62. The van der Waals surface area contributed by atoms with Gasteiger partial charge in [-0.25, -0.2) is 4.79 Å². The van der Waals surface area contributed by atoms with Crippen LogP contribution in [0, 0.1) is 17.3 Å². The molecule has 0 bridgehead atoms. The van der Waals surface area contributed by atoms with Crippen molar-refractivity contribution >= 4 is 5.97 Å². The quantitative estimate of drug-likeness (QED) is 0.392. The molecule has 1 saturated carbocycles. The van der Waals surface area contributed by atoms with Crippen LogP contribution in [0.15, 0.2) is 23.8 Å². The predicted octanol–water partition coefficient (Wildman–Crippen LogP) is 1.18. The molecule has 6 atom stereocenters. The molecular weight excluding hydrogens is 244 g/mol. The topological polar surface area (TPSA) is 66.8 Å². The molecule has 1 aliphatic heterocycles. The van der Waals surface area contributed by atoms with E-state index in [0.29, 0.717) is 18.4 Å². The van der Waals surface area contributed by atoms with Crippen molar-refractivity contribution < 1.29 is 19.7 Å². The van der Waals surface area contributed by atoms with Gasteiger partial charge in [0, 0.05) is 22.8 Å². The Morgan fingerprint density at radius 3 is 2.79 bits per heavy atom. The predicted molar refractivity (Wildman–Crippen MR) is 69.1 cm³/mol. The van der Waals surface area contributed by atoms with Gasteiger partial charge < -0.3 is 14.9 Å². The highest BCUT2D eigenvalue weighted by Gasteiger charge is 2.61. The third-order valence-corrected chi connectivity index (χ3v) is 5.41. The summed E-state index contributed by atoms with van der Waals surface area (Å²) in [6, 6.07) is 0. The molecule has 1 heterocycles. The van der Waals surface area contributed by atoms with Crippen LogP contribution in [0.5, 0.6) is 0 Å². The van der Waals surface area contributed by atoms with Gasteiger partial charge in [0.25, 0.3) is 0 Å². The Morgan fingerprint density at radius 1 is 1.42 bits per heavy atom. The highest BCUT2D eigenvalue weighted by Crippen LogP contribution is 2.56. The van der Waals surface area contributed by atoms with Crippen molar-refractivity contribution in [1.82, 2.24) is 0 Å². The van der Waals surface area contributed by atoms with Gasteiger partial charge in [-0.05, 0) is 19.8 Å². The molecule has 0 radical (unpaired) electrons. The maximum Gasteiger partial charge on any atom is 0.334 e. The molecule has 4 heteroatoms. The van der Waals surface area contributed by atoms with Crippen molar-refractivity contribution in [2.24, 2.45) is 17.3 Å². The van der Waals surface area contributed by atoms with E-state index in [1.54, 1.807) is 0 Å². The normalized spacial score (nSPS) is 49.3. The number of aliphatic hydroxyl groups is 2. The Hall–Kier alpha value is -1.13. The molecular formula is C15H20O4. The SMILES string of the molecule is C=C1C(=O)OC2C1C[C@@H](O)[C@]1(C)[C@H](O)CC=C(C)[C@H]21. The lowest BCUT2D eigenvalue weighted by molar-refractivity contribution is -0.169. The van der Waals surface area contributed by atoms with Gasteiger partial charge in [-0.1, -0.05) is 25.2 Å². The van der Waals surface area contributed by atoms with Crippen molar-refractivity contribution in [2.75, 3.05) is 0 Å². The van der Waals surface area contributed by atoms with E-state index in [9.17, 15) is 15.0 Å². The first-order valence-electron chi connectivity index (χ1n) is 6.80. The van der Waals surface area contributed by atoms with Crippen molar-refractivity contribution in [3.8, 4) is 0 Å². The molecule has 3 rings (SSSR count). The molecule has 1 saturated heterocycles. The first-order valence-corrected chi connectivity index (χ1v) is 6.80. The molecule has 4 nitrogen and oxygen atoms in total. The van der Waals surface area contributed by atoms with Crippen LogP contribution < -0.4 is 0 Å². The fraction of sp³-hybridized carbons (Fsp3) is 0.667. The zero-order valence-corrected chi connectivity index (χ0v) is 11.3. The Labute approximate surface area is 112 Å². The monoisotopic (exact) mass is 264 g/mol. The number of hydrogen-bond acceptors (Lipinski definition) is 4. The lowest BCUT2D eigenvalue weighted by Crippen LogP contribution is -2.59. The van der Waals surface area contributed by atoms with E-state index in [-0.39, 0.29) is 23.9 Å². The molecule has 0 aromatic rings. The summed E-state index contributed by atoms with van der Waals surface area (Å²) >= 11 is 0. The van der Waals surface area contributed by atoms with Crippen molar-refractivity contribution in [2.45, 2.75) is 45.0 Å². The molecule has 2 N–H and O–H groups in total. The van der Waals surface area contributed by atoms with Crippen LogP contribution in [0.2, 0.25) is 0 Å². The zero-order chi connectivity index (χ0) is 13.9. The fourth-order valence-corrected chi connectivity index (χ4v) is 4.12. The van der Waals surface area contributed by atoms with Gasteiger partial charge >= 0.3 is 5.97 Å². The first-order chi connectivity index (χ1) is 8.87. The van der Waals surface area contributed by atoms with Crippen molar-refractivity contribution in [1.29, 1.82) is 0 Å². The minimum Gasteiger partial charge on any atom is -0.458 e. The van der Waals surface area contributed by atoms with Gasteiger partial charge in [0.15, 0.2) is 0 Å². The van der Waals surface area contributed by atoms with E-state index in [2.05, 4.69) is 6.58 Å². The molecule has 0 aromatic carbocycles. The summed E-state index contributed by atoms with van der Waals surface area (Å²) in [5.41, 5.74) is 0.897. The third-order valence-electron chi connectivity index (χ3n) is 5.41. The third kappa shape index (κ3) is 1.50. The lowest BCUT2D eigenvalue weighted by Gasteiger charge is -2.53. The van der Waals surface area contributed by atoms with Gasteiger partial charge in [-0.15, -0.1) is 0 Å². The van der Waals surface area contributed by atoms with Crippen LogP contribution in [0.25, 0.3) is 0 Å². The largest absolute Gasteiger partial charge is 0.458 e. The maximum atomic E-state index is 11.7. The molecule has 2 aliphatic carbocycles. The Morgan fingerprint density at radius 2 is 2.11 bits per heavy atom. The molecule has 104 valence electrons. The highest BCUT2D eigenvalue weighted by atomic mass is 16.6. The van der Waals surface area contributed by atoms with Crippen LogP contribution in [0.4, 0.5) is 0 Å². The fourth-order valence-electron chi connectivity index (χ4n) is 4.12. The summed E-state index contributed by atoms with van der Waals surface area (Å²) in [6.07, 6.45) is 1.42. The standard InChI is InChI=1S/C15H20O4/c1-7-4-5-10(16)15(3)11(17)6-9-8(2)14(18)19-13(9)12(7)15/h4,9-13,16-17H,2,5-6H2,1,3H3/t9?,10-,11-,12-,13?,15+/m1/s1. The van der Waals surface area contributed by atoms with Crippen LogP contribution in [0.1, 0.15) is 26.7 Å². The van der Waals surface area contributed by atoms with Crippen LogP contribution in [-0.4, -0.2) is 34.5 Å². The maximum absolute atomic E-state index is 11.7. The Balaban J connectivity index is 2.08. The summed E-state index contributed by atoms with van der Waals surface area (Å²) in [5.74, 6) is -0.623. The van der Waals surface area contributed by atoms with E-state index in [0.717, 1.165) is 5.57 Å². The molecule has 0 spiro atoms. The van der Waals surface area contributed by atoms with Crippen LogP contribution in [-0.2, 0) is 9.53 Å². The smallest absolute Gasteiger partial charge is 0.334 e. The summed E-state index contributed by atoms with van der Waals surface area (Å²) < 4.78 is 5.48. The highest BCUT2D eigenvalue weighted by molar-refractivity contribution is 5.91. The number of esters is 1. The molecule has 2 unspecified atom stereocenters. The average molecular weight is 264 g/mol. The van der Waals surface area contributed by atoms with E-state index < -0.39 is 17.6 Å². The minimum absolute atomic E-state index is 0.130. The van der Waals surface area contributed by atoms with Gasteiger partial charge in [0.1, 0.15) is 6.10 Å². The molecule has 2 fully saturated rings. The molecule has 0 amide bonds. The van der Waals surface area contributed by atoms with Crippen molar-refractivity contribution in [3.05, 3.63) is 23.8 Å². The molecule has 19 heavy (non-hydrogen) atoms. The van der Waals surface area contributed by atoms with Gasteiger partial charge in [-0.2, -0.15) is 0 Å². The van der Waals surface area contributed by atoms with E-state index in [1.165, 1.54) is 0 Å². The summed E-state index contributed by atoms with van der Waals surface area (Å²) in [6.45, 7) is 7.67. The van der Waals surface area contributed by atoms with E-state index in [1.807, 2.05) is 19.9 Å². The van der Waals surface area contributed by atoms with Gasteiger partial charge in [-0.3, -0.25) is 0 Å². The van der Waals surface area contributed by atoms with E-state index in [4.69, 9.17) is 4.74 Å². The first kappa shape index (κ1) is 12.9. The second kappa shape index (κ2) is 3.93. The summed E-state index contributed by atoms with van der Waals surface area (Å²) in [7, 11) is 0. The van der Waals surface area contributed by atoms with Gasteiger partial charge in [0.05, 0.1) is 12.2 Å². The number of aliphatic hydroxyl groups excluding tert-OH is 2.